The Balaban J connectivity index is 1.87. The summed E-state index contributed by atoms with van der Waals surface area (Å²) in [6.07, 6.45) is 7.69. The number of anilines is 2. The van der Waals surface area contributed by atoms with E-state index in [9.17, 15) is 5.11 Å². The molecule has 3 rings (SSSR count). The molecule has 96 valence electrons. The van der Waals surface area contributed by atoms with E-state index in [0.717, 1.165) is 36.7 Å². The molecule has 0 atom stereocenters. The molecule has 0 saturated heterocycles. The topological polar surface area (TPSA) is 74.5 Å². The molecule has 2 heterocycles. The fourth-order valence-corrected chi connectivity index (χ4v) is 2.01. The Morgan fingerprint density at radius 1 is 1.50 bits per heavy atom. The van der Waals surface area contributed by atoms with Crippen LogP contribution in [-0.2, 0) is 0 Å². The van der Waals surface area contributed by atoms with Gasteiger partial charge in [0.15, 0.2) is 11.5 Å². The Kier molecular flexibility index (Phi) is 2.59. The number of imidazole rings is 1. The minimum atomic E-state index is 0.0565. The maximum Gasteiger partial charge on any atom is 0.180 e. The Bertz CT molecular complexity index is 561. The third-order valence-electron chi connectivity index (χ3n) is 3.55. The molecule has 0 aromatic carbocycles. The van der Waals surface area contributed by atoms with E-state index in [4.69, 9.17) is 0 Å². The molecule has 3 N–H and O–H groups in total. The highest BCUT2D eigenvalue weighted by atomic mass is 16.3. The zero-order valence-electron chi connectivity index (χ0n) is 10.3. The van der Waals surface area contributed by atoms with Gasteiger partial charge in [0.25, 0.3) is 0 Å². The highest BCUT2D eigenvalue weighted by Gasteiger charge is 2.41. The summed E-state index contributed by atoms with van der Waals surface area (Å²) in [5.41, 5.74) is 0.865. The summed E-state index contributed by atoms with van der Waals surface area (Å²) in [6, 6.07) is 0. The first-order chi connectivity index (χ1) is 8.76. The molecule has 1 aliphatic carbocycles. The van der Waals surface area contributed by atoms with Crippen LogP contribution in [0.25, 0.3) is 5.65 Å². The van der Waals surface area contributed by atoms with E-state index in [2.05, 4.69) is 20.6 Å². The summed E-state index contributed by atoms with van der Waals surface area (Å²) in [4.78, 5) is 8.76. The lowest BCUT2D eigenvalue weighted by molar-refractivity contribution is 0.219. The molecular formula is C12H17N5O. The standard InChI is InChI=1S/C12H17N5O/c1-13-9-6-17-5-4-14-11(17)10(16-9)15-7-12(8-18)2-3-12/h4-6,13,18H,2-3,7-8H2,1H3,(H,15,16). The Morgan fingerprint density at radius 2 is 2.33 bits per heavy atom. The van der Waals surface area contributed by atoms with Crippen LogP contribution in [0.2, 0.25) is 0 Å². The van der Waals surface area contributed by atoms with Crippen LogP contribution in [0.15, 0.2) is 18.6 Å². The summed E-state index contributed by atoms with van der Waals surface area (Å²) in [5.74, 6) is 1.54. The van der Waals surface area contributed by atoms with Gasteiger partial charge < -0.3 is 20.1 Å². The molecule has 18 heavy (non-hydrogen) atoms. The van der Waals surface area contributed by atoms with Gasteiger partial charge in [0, 0.05) is 31.4 Å². The van der Waals surface area contributed by atoms with Crippen molar-refractivity contribution in [1.82, 2.24) is 14.4 Å². The van der Waals surface area contributed by atoms with Crippen LogP contribution in [-0.4, -0.2) is 39.7 Å². The lowest BCUT2D eigenvalue weighted by atomic mass is 10.1. The second-order valence-corrected chi connectivity index (χ2v) is 4.89. The normalized spacial score (nSPS) is 16.8. The first kappa shape index (κ1) is 11.3. The molecule has 2 aromatic rings. The first-order valence-electron chi connectivity index (χ1n) is 6.13. The third-order valence-corrected chi connectivity index (χ3v) is 3.55. The van der Waals surface area contributed by atoms with Crippen LogP contribution in [0.4, 0.5) is 11.6 Å². The van der Waals surface area contributed by atoms with Crippen LogP contribution >= 0.6 is 0 Å². The zero-order chi connectivity index (χ0) is 12.6. The fourth-order valence-electron chi connectivity index (χ4n) is 2.01. The van der Waals surface area contributed by atoms with E-state index in [1.165, 1.54) is 0 Å². The van der Waals surface area contributed by atoms with E-state index < -0.39 is 0 Å². The molecule has 1 saturated carbocycles. The molecule has 6 heteroatoms. The van der Waals surface area contributed by atoms with Crippen LogP contribution in [0, 0.1) is 5.41 Å². The van der Waals surface area contributed by atoms with Crippen LogP contribution in [0.5, 0.6) is 0 Å². The van der Waals surface area contributed by atoms with Gasteiger partial charge in [0.1, 0.15) is 5.82 Å². The molecule has 2 aromatic heterocycles. The lowest BCUT2D eigenvalue weighted by Gasteiger charge is -2.14. The molecule has 0 unspecified atom stereocenters. The van der Waals surface area contributed by atoms with Gasteiger partial charge in [-0.05, 0) is 12.8 Å². The first-order valence-corrected chi connectivity index (χ1v) is 6.13. The van der Waals surface area contributed by atoms with E-state index in [1.54, 1.807) is 6.20 Å². The molecule has 0 radical (unpaired) electrons. The van der Waals surface area contributed by atoms with Crippen molar-refractivity contribution >= 4 is 17.3 Å². The van der Waals surface area contributed by atoms with Crippen molar-refractivity contribution in [1.29, 1.82) is 0 Å². The molecule has 6 nitrogen and oxygen atoms in total. The average Bonchev–Trinajstić information content (AvgIpc) is 3.04. The van der Waals surface area contributed by atoms with E-state index >= 15 is 0 Å². The van der Waals surface area contributed by atoms with Crippen molar-refractivity contribution in [2.24, 2.45) is 5.41 Å². The molecule has 0 bridgehead atoms. The smallest absolute Gasteiger partial charge is 0.180 e. The van der Waals surface area contributed by atoms with Crippen LogP contribution in [0.3, 0.4) is 0 Å². The zero-order valence-corrected chi connectivity index (χ0v) is 10.3. The summed E-state index contributed by atoms with van der Waals surface area (Å²) in [7, 11) is 1.84. The predicted molar refractivity (Wildman–Crippen MR) is 69.8 cm³/mol. The highest BCUT2D eigenvalue weighted by Crippen LogP contribution is 2.44. The predicted octanol–water partition coefficient (Wildman–Crippen LogP) is 0.955. The van der Waals surface area contributed by atoms with Crippen molar-refractivity contribution in [3.8, 4) is 0 Å². The second-order valence-electron chi connectivity index (χ2n) is 4.89. The Labute approximate surface area is 105 Å². The largest absolute Gasteiger partial charge is 0.396 e. The molecular weight excluding hydrogens is 230 g/mol. The van der Waals surface area contributed by atoms with Gasteiger partial charge in [-0.25, -0.2) is 9.97 Å². The van der Waals surface area contributed by atoms with Gasteiger partial charge in [0.05, 0.1) is 12.8 Å². The van der Waals surface area contributed by atoms with Gasteiger partial charge in [-0.15, -0.1) is 0 Å². The van der Waals surface area contributed by atoms with Crippen LogP contribution < -0.4 is 10.6 Å². The second kappa shape index (κ2) is 4.13. The quantitative estimate of drug-likeness (QED) is 0.733. The maximum absolute atomic E-state index is 9.31. The van der Waals surface area contributed by atoms with Crippen molar-refractivity contribution in [2.75, 3.05) is 30.8 Å². The number of aliphatic hydroxyl groups is 1. The number of nitrogens with zero attached hydrogens (tertiary/aromatic N) is 3. The fraction of sp³-hybridized carbons (Fsp3) is 0.500. The number of hydrogen-bond acceptors (Lipinski definition) is 5. The number of fused-ring (bicyclic) bond motifs is 1. The van der Waals surface area contributed by atoms with E-state index in [-0.39, 0.29) is 12.0 Å². The molecule has 0 amide bonds. The highest BCUT2D eigenvalue weighted by molar-refractivity contribution is 5.65. The minimum absolute atomic E-state index is 0.0565. The number of nitrogens with one attached hydrogen (secondary N) is 2. The molecule has 0 aliphatic heterocycles. The average molecular weight is 247 g/mol. The summed E-state index contributed by atoms with van der Waals surface area (Å²) in [5, 5.41) is 15.6. The van der Waals surface area contributed by atoms with E-state index in [0.29, 0.717) is 0 Å². The van der Waals surface area contributed by atoms with Crippen molar-refractivity contribution in [2.45, 2.75) is 12.8 Å². The summed E-state index contributed by atoms with van der Waals surface area (Å²) >= 11 is 0. The Morgan fingerprint density at radius 3 is 3.00 bits per heavy atom. The molecule has 0 spiro atoms. The number of rotatable bonds is 5. The maximum atomic E-state index is 9.31. The number of aliphatic hydroxyl groups excluding tert-OH is 1. The van der Waals surface area contributed by atoms with Crippen molar-refractivity contribution in [3.05, 3.63) is 18.6 Å². The van der Waals surface area contributed by atoms with Gasteiger partial charge in [-0.3, -0.25) is 0 Å². The van der Waals surface area contributed by atoms with Gasteiger partial charge >= 0.3 is 0 Å². The number of hydrogen-bond donors (Lipinski definition) is 3. The third kappa shape index (κ3) is 1.88. The summed E-state index contributed by atoms with van der Waals surface area (Å²) in [6.45, 7) is 0.975. The molecule has 1 fully saturated rings. The van der Waals surface area contributed by atoms with Gasteiger partial charge in [-0.2, -0.15) is 0 Å². The minimum Gasteiger partial charge on any atom is -0.396 e. The SMILES string of the molecule is CNc1cn2ccnc2c(NCC2(CO)CC2)n1. The summed E-state index contributed by atoms with van der Waals surface area (Å²) < 4.78 is 1.93. The van der Waals surface area contributed by atoms with E-state index in [1.807, 2.05) is 23.8 Å². The van der Waals surface area contributed by atoms with Gasteiger partial charge in [-0.1, -0.05) is 0 Å². The van der Waals surface area contributed by atoms with Crippen molar-refractivity contribution in [3.63, 3.8) is 0 Å². The Hall–Kier alpha value is -1.82. The number of aromatic nitrogens is 3. The molecule has 1 aliphatic rings. The van der Waals surface area contributed by atoms with Crippen LogP contribution in [0.1, 0.15) is 12.8 Å². The lowest BCUT2D eigenvalue weighted by Crippen LogP contribution is -2.20. The monoisotopic (exact) mass is 247 g/mol. The van der Waals surface area contributed by atoms with Gasteiger partial charge in [0.2, 0.25) is 0 Å². The van der Waals surface area contributed by atoms with Crippen molar-refractivity contribution < 1.29 is 5.11 Å².